The molecule has 0 radical (unpaired) electrons. The van der Waals surface area contributed by atoms with Gasteiger partial charge in [0.05, 0.1) is 18.8 Å². The monoisotopic (exact) mass is 384 g/mol. The van der Waals surface area contributed by atoms with E-state index in [9.17, 15) is 9.18 Å². The lowest BCUT2D eigenvalue weighted by Crippen LogP contribution is -2.24. The molecule has 0 saturated carbocycles. The average Bonchev–Trinajstić information content (AvgIpc) is 3.12. The second-order valence-corrected chi connectivity index (χ2v) is 6.98. The summed E-state index contributed by atoms with van der Waals surface area (Å²) in [5, 5.41) is 11.0. The van der Waals surface area contributed by atoms with Gasteiger partial charge in [-0.25, -0.2) is 9.07 Å². The number of hydrogen-bond donors (Lipinski definition) is 1. The van der Waals surface area contributed by atoms with Crippen molar-refractivity contribution < 1.29 is 13.9 Å². The van der Waals surface area contributed by atoms with Gasteiger partial charge in [0.1, 0.15) is 11.9 Å². The van der Waals surface area contributed by atoms with E-state index in [0.29, 0.717) is 17.9 Å². The first-order chi connectivity index (χ1) is 13.1. The summed E-state index contributed by atoms with van der Waals surface area (Å²) in [4.78, 5) is 13.7. The minimum absolute atomic E-state index is 0.211. The molecule has 0 spiro atoms. The molecular formula is C19H17FN4O2S. The summed E-state index contributed by atoms with van der Waals surface area (Å²) in [6, 6.07) is 13.8. The molecule has 2 aromatic carbocycles. The van der Waals surface area contributed by atoms with Crippen LogP contribution in [-0.2, 0) is 17.9 Å². The molecule has 0 unspecified atom stereocenters. The van der Waals surface area contributed by atoms with Gasteiger partial charge in [0.2, 0.25) is 0 Å². The predicted octanol–water partition coefficient (Wildman–Crippen LogP) is 3.66. The van der Waals surface area contributed by atoms with Crippen molar-refractivity contribution >= 4 is 23.4 Å². The van der Waals surface area contributed by atoms with Crippen LogP contribution < -0.4 is 5.32 Å². The van der Waals surface area contributed by atoms with Gasteiger partial charge in [-0.15, -0.1) is 16.9 Å². The van der Waals surface area contributed by atoms with Crippen molar-refractivity contribution in [3.05, 3.63) is 71.3 Å². The summed E-state index contributed by atoms with van der Waals surface area (Å²) in [6.07, 6.45) is 1.72. The Bertz CT molecular complexity index is 974. The zero-order valence-electron chi connectivity index (χ0n) is 14.6. The number of halogens is 1. The summed E-state index contributed by atoms with van der Waals surface area (Å²) in [5.74, 6) is -0.612. The second-order valence-electron chi connectivity index (χ2n) is 6.10. The Balaban J connectivity index is 1.50. The first-order valence-corrected chi connectivity index (χ1v) is 9.61. The molecule has 4 rings (SSSR count). The van der Waals surface area contributed by atoms with Gasteiger partial charge in [-0.3, -0.25) is 4.79 Å². The highest BCUT2D eigenvalue weighted by Gasteiger charge is 2.27. The molecule has 1 amide bonds. The van der Waals surface area contributed by atoms with E-state index in [1.165, 1.54) is 12.1 Å². The molecule has 8 heteroatoms. The van der Waals surface area contributed by atoms with Crippen LogP contribution in [0.15, 0.2) is 53.4 Å². The first kappa shape index (κ1) is 17.7. The molecular weight excluding hydrogens is 367 g/mol. The van der Waals surface area contributed by atoms with Gasteiger partial charge in [0.25, 0.3) is 5.91 Å². The number of fused-ring (bicyclic) bond motifs is 1. The molecule has 0 fully saturated rings. The summed E-state index contributed by atoms with van der Waals surface area (Å²) < 4.78 is 20.6. The molecule has 138 valence electrons. The number of ether oxygens (including phenoxy) is 1. The number of rotatable bonds is 4. The van der Waals surface area contributed by atoms with E-state index in [1.54, 1.807) is 28.6 Å². The van der Waals surface area contributed by atoms with Crippen molar-refractivity contribution in [3.63, 3.8) is 0 Å². The second kappa shape index (κ2) is 7.50. The number of carbonyl (C=O) groups is 1. The molecule has 1 aliphatic heterocycles. The molecule has 3 aromatic rings. The highest BCUT2D eigenvalue weighted by Crippen LogP contribution is 2.27. The Kier molecular flexibility index (Phi) is 4.91. The highest BCUT2D eigenvalue weighted by molar-refractivity contribution is 7.98. The van der Waals surface area contributed by atoms with E-state index in [1.807, 2.05) is 30.5 Å². The maximum absolute atomic E-state index is 13.1. The van der Waals surface area contributed by atoms with Gasteiger partial charge < -0.3 is 10.1 Å². The van der Waals surface area contributed by atoms with E-state index in [-0.39, 0.29) is 30.1 Å². The number of nitrogens with zero attached hydrogens (tertiary/aromatic N) is 3. The van der Waals surface area contributed by atoms with E-state index >= 15 is 0 Å². The van der Waals surface area contributed by atoms with Crippen molar-refractivity contribution in [2.45, 2.75) is 24.2 Å². The SMILES string of the molecule is CSc1cccc(NC(=O)c2nnn3c2CO[C@@H](c2ccc(F)cc2)C3)c1. The third-order valence-corrected chi connectivity index (χ3v) is 5.11. The number of carbonyl (C=O) groups excluding carboxylic acids is 1. The molecule has 0 saturated heterocycles. The van der Waals surface area contributed by atoms with Crippen LogP contribution in [0.5, 0.6) is 0 Å². The Morgan fingerprint density at radius 1 is 1.30 bits per heavy atom. The zero-order chi connectivity index (χ0) is 18.8. The molecule has 1 atom stereocenters. The van der Waals surface area contributed by atoms with E-state index in [4.69, 9.17) is 4.74 Å². The average molecular weight is 384 g/mol. The number of amides is 1. The van der Waals surface area contributed by atoms with Gasteiger partial charge in [-0.1, -0.05) is 23.4 Å². The zero-order valence-corrected chi connectivity index (χ0v) is 15.4. The minimum atomic E-state index is -0.321. The summed E-state index contributed by atoms with van der Waals surface area (Å²) in [7, 11) is 0. The Labute approximate surface area is 159 Å². The fourth-order valence-corrected chi connectivity index (χ4v) is 3.42. The predicted molar refractivity (Wildman–Crippen MR) is 100 cm³/mol. The maximum atomic E-state index is 13.1. The third kappa shape index (κ3) is 3.72. The van der Waals surface area contributed by atoms with Crippen LogP contribution in [0.1, 0.15) is 27.8 Å². The van der Waals surface area contributed by atoms with Gasteiger partial charge >= 0.3 is 0 Å². The van der Waals surface area contributed by atoms with E-state index in [2.05, 4.69) is 15.6 Å². The van der Waals surface area contributed by atoms with Crippen molar-refractivity contribution in [1.82, 2.24) is 15.0 Å². The lowest BCUT2D eigenvalue weighted by molar-refractivity contribution is -0.00174. The fraction of sp³-hybridized carbons (Fsp3) is 0.211. The van der Waals surface area contributed by atoms with Crippen molar-refractivity contribution in [3.8, 4) is 0 Å². The molecule has 1 N–H and O–H groups in total. The number of aromatic nitrogens is 3. The van der Waals surface area contributed by atoms with Crippen LogP contribution in [0.25, 0.3) is 0 Å². The molecule has 6 nitrogen and oxygen atoms in total. The minimum Gasteiger partial charge on any atom is -0.365 e. The van der Waals surface area contributed by atoms with Crippen LogP contribution in [-0.4, -0.2) is 27.2 Å². The maximum Gasteiger partial charge on any atom is 0.278 e. The largest absolute Gasteiger partial charge is 0.365 e. The van der Waals surface area contributed by atoms with Gasteiger partial charge in [-0.2, -0.15) is 0 Å². The van der Waals surface area contributed by atoms with Crippen LogP contribution in [0, 0.1) is 5.82 Å². The van der Waals surface area contributed by atoms with Crippen LogP contribution >= 0.6 is 11.8 Å². The fourth-order valence-electron chi connectivity index (χ4n) is 2.96. The van der Waals surface area contributed by atoms with Crippen molar-refractivity contribution in [2.24, 2.45) is 0 Å². The van der Waals surface area contributed by atoms with Gasteiger partial charge in [0.15, 0.2) is 5.69 Å². The third-order valence-electron chi connectivity index (χ3n) is 4.38. The smallest absolute Gasteiger partial charge is 0.278 e. The van der Waals surface area contributed by atoms with Crippen LogP contribution in [0.2, 0.25) is 0 Å². The van der Waals surface area contributed by atoms with E-state index < -0.39 is 0 Å². The standard InChI is InChI=1S/C19H17FN4O2S/c1-27-15-4-2-3-14(9-15)21-19(25)18-16-11-26-17(10-24(16)23-22-18)12-5-7-13(20)8-6-12/h2-9,17H,10-11H2,1H3,(H,21,25)/t17-/m1/s1. The number of hydrogen-bond acceptors (Lipinski definition) is 5. The number of benzene rings is 2. The van der Waals surface area contributed by atoms with Crippen molar-refractivity contribution in [1.29, 1.82) is 0 Å². The quantitative estimate of drug-likeness (QED) is 0.695. The Hall–Kier alpha value is -2.71. The molecule has 1 aliphatic rings. The topological polar surface area (TPSA) is 69.0 Å². The Morgan fingerprint density at radius 2 is 2.11 bits per heavy atom. The molecule has 27 heavy (non-hydrogen) atoms. The molecule has 0 bridgehead atoms. The number of thioether (sulfide) groups is 1. The van der Waals surface area contributed by atoms with Gasteiger partial charge in [-0.05, 0) is 42.2 Å². The van der Waals surface area contributed by atoms with Gasteiger partial charge in [0, 0.05) is 10.6 Å². The van der Waals surface area contributed by atoms with E-state index in [0.717, 1.165) is 10.5 Å². The first-order valence-electron chi connectivity index (χ1n) is 8.39. The lowest BCUT2D eigenvalue weighted by atomic mass is 10.1. The Morgan fingerprint density at radius 3 is 2.89 bits per heavy atom. The van der Waals surface area contributed by atoms with Crippen LogP contribution in [0.4, 0.5) is 10.1 Å². The van der Waals surface area contributed by atoms with Crippen LogP contribution in [0.3, 0.4) is 0 Å². The lowest BCUT2D eigenvalue weighted by Gasteiger charge is -2.24. The molecule has 1 aromatic heterocycles. The number of anilines is 1. The molecule has 2 heterocycles. The highest BCUT2D eigenvalue weighted by atomic mass is 32.2. The number of nitrogens with one attached hydrogen (secondary N) is 1. The summed E-state index contributed by atoms with van der Waals surface area (Å²) in [5.41, 5.74) is 2.45. The summed E-state index contributed by atoms with van der Waals surface area (Å²) in [6.45, 7) is 0.631. The normalized spacial score (nSPS) is 16.0. The van der Waals surface area contributed by atoms with Crippen molar-refractivity contribution in [2.75, 3.05) is 11.6 Å². The molecule has 0 aliphatic carbocycles. The summed E-state index contributed by atoms with van der Waals surface area (Å²) >= 11 is 1.60.